The Kier molecular flexibility index (Phi) is 4.45. The van der Waals surface area contributed by atoms with E-state index in [1.807, 2.05) is 0 Å². The van der Waals surface area contributed by atoms with Crippen molar-refractivity contribution < 1.29 is 0 Å². The maximum atomic E-state index is 3.64. The van der Waals surface area contributed by atoms with E-state index in [1.54, 1.807) is 0 Å². The fraction of sp³-hybridized carbons (Fsp3) is 0.538. The Morgan fingerprint density at radius 3 is 2.62 bits per heavy atom. The summed E-state index contributed by atoms with van der Waals surface area (Å²) in [6, 6.07) is 8.47. The molecule has 88 valence electrons. The van der Waals surface area contributed by atoms with Gasteiger partial charge in [0.05, 0.1) is 0 Å². The van der Waals surface area contributed by atoms with Crippen LogP contribution in [-0.4, -0.2) is 23.3 Å². The van der Waals surface area contributed by atoms with Gasteiger partial charge >= 0.3 is 0 Å². The Morgan fingerprint density at radius 1 is 1.31 bits per heavy atom. The van der Waals surface area contributed by atoms with Crippen LogP contribution < -0.4 is 0 Å². The highest BCUT2D eigenvalue weighted by Gasteiger charge is 2.27. The fourth-order valence-corrected chi connectivity index (χ4v) is 3.69. The first-order valence-electron chi connectivity index (χ1n) is 5.71. The van der Waals surface area contributed by atoms with Gasteiger partial charge in [-0.1, -0.05) is 50.1 Å². The second-order valence-corrected chi connectivity index (χ2v) is 6.87. The van der Waals surface area contributed by atoms with Crippen LogP contribution in [0, 0.1) is 5.92 Å². The zero-order valence-corrected chi connectivity index (χ0v) is 12.7. The number of halogens is 2. The summed E-state index contributed by atoms with van der Waals surface area (Å²) in [5.41, 5.74) is 1.37. The molecule has 0 saturated heterocycles. The molecule has 0 atom stereocenters. The summed E-state index contributed by atoms with van der Waals surface area (Å²) in [5.74, 6) is 0.886. The minimum Gasteiger partial charge on any atom is -0.302 e. The second kappa shape index (κ2) is 5.65. The van der Waals surface area contributed by atoms with Crippen LogP contribution in [0.5, 0.6) is 0 Å². The number of alkyl halides is 1. The smallest absolute Gasteiger partial charge is 0.0242 e. The zero-order chi connectivity index (χ0) is 11.5. The quantitative estimate of drug-likeness (QED) is 0.743. The van der Waals surface area contributed by atoms with Crippen molar-refractivity contribution in [1.82, 2.24) is 4.90 Å². The Balaban J connectivity index is 1.83. The average molecular weight is 347 g/mol. The summed E-state index contributed by atoms with van der Waals surface area (Å²) in [6.07, 6.45) is 2.67. The number of hydrogen-bond donors (Lipinski definition) is 0. The standard InChI is InChI=1S/C13H17Br2N/c1-16(8-10-6-12(14)7-10)9-11-4-2-3-5-13(11)15/h2-5,10,12H,6-9H2,1H3. The Labute approximate surface area is 114 Å². The van der Waals surface area contributed by atoms with E-state index in [1.165, 1.54) is 29.4 Å². The van der Waals surface area contributed by atoms with E-state index in [0.29, 0.717) is 0 Å². The molecule has 0 spiro atoms. The first-order valence-corrected chi connectivity index (χ1v) is 7.42. The largest absolute Gasteiger partial charge is 0.302 e. The summed E-state index contributed by atoms with van der Waals surface area (Å²) in [5, 5.41) is 0. The maximum absolute atomic E-state index is 3.64. The van der Waals surface area contributed by atoms with E-state index in [2.05, 4.69) is 68.1 Å². The van der Waals surface area contributed by atoms with Crippen molar-refractivity contribution in [3.8, 4) is 0 Å². The summed E-state index contributed by atoms with van der Waals surface area (Å²) >= 11 is 7.24. The first-order chi connectivity index (χ1) is 7.65. The molecular formula is C13H17Br2N. The van der Waals surface area contributed by atoms with Crippen LogP contribution in [0.1, 0.15) is 18.4 Å². The maximum Gasteiger partial charge on any atom is 0.0242 e. The van der Waals surface area contributed by atoms with Gasteiger partial charge in [-0.05, 0) is 37.4 Å². The molecule has 16 heavy (non-hydrogen) atoms. The van der Waals surface area contributed by atoms with Gasteiger partial charge in [0.25, 0.3) is 0 Å². The van der Waals surface area contributed by atoms with Crippen LogP contribution >= 0.6 is 31.9 Å². The van der Waals surface area contributed by atoms with Crippen LogP contribution in [0.2, 0.25) is 0 Å². The van der Waals surface area contributed by atoms with Gasteiger partial charge in [-0.25, -0.2) is 0 Å². The van der Waals surface area contributed by atoms with E-state index < -0.39 is 0 Å². The van der Waals surface area contributed by atoms with Gasteiger partial charge in [-0.2, -0.15) is 0 Å². The topological polar surface area (TPSA) is 3.24 Å². The van der Waals surface area contributed by atoms with Crippen LogP contribution in [0.4, 0.5) is 0 Å². The number of hydrogen-bond acceptors (Lipinski definition) is 1. The summed E-state index contributed by atoms with van der Waals surface area (Å²) in [6.45, 7) is 2.24. The highest BCUT2D eigenvalue weighted by Crippen LogP contribution is 2.33. The second-order valence-electron chi connectivity index (χ2n) is 4.72. The molecule has 2 rings (SSSR count). The lowest BCUT2D eigenvalue weighted by Crippen LogP contribution is -2.34. The third-order valence-electron chi connectivity index (χ3n) is 3.15. The highest BCUT2D eigenvalue weighted by molar-refractivity contribution is 9.10. The molecule has 0 aromatic heterocycles. The lowest BCUT2D eigenvalue weighted by molar-refractivity contribution is 0.208. The lowest BCUT2D eigenvalue weighted by Gasteiger charge is -2.34. The van der Waals surface area contributed by atoms with Gasteiger partial charge in [0.2, 0.25) is 0 Å². The average Bonchev–Trinajstić information content (AvgIpc) is 2.19. The van der Waals surface area contributed by atoms with Gasteiger partial charge in [-0.3, -0.25) is 0 Å². The molecule has 1 aliphatic rings. The molecule has 0 N–H and O–H groups in total. The van der Waals surface area contributed by atoms with Gasteiger partial charge in [0, 0.05) is 22.4 Å². The Morgan fingerprint density at radius 2 is 2.00 bits per heavy atom. The van der Waals surface area contributed by atoms with E-state index >= 15 is 0 Å². The summed E-state index contributed by atoms with van der Waals surface area (Å²) in [4.78, 5) is 3.19. The molecule has 0 aliphatic heterocycles. The van der Waals surface area contributed by atoms with Crippen LogP contribution in [0.15, 0.2) is 28.7 Å². The van der Waals surface area contributed by atoms with Gasteiger partial charge < -0.3 is 4.90 Å². The SMILES string of the molecule is CN(Cc1ccccc1Br)CC1CC(Br)C1. The van der Waals surface area contributed by atoms with Crippen molar-refractivity contribution in [2.45, 2.75) is 24.2 Å². The Hall–Kier alpha value is 0.140. The van der Waals surface area contributed by atoms with E-state index in [0.717, 1.165) is 17.3 Å². The molecule has 0 heterocycles. The van der Waals surface area contributed by atoms with Crippen molar-refractivity contribution in [1.29, 1.82) is 0 Å². The van der Waals surface area contributed by atoms with E-state index in [4.69, 9.17) is 0 Å². The fourth-order valence-electron chi connectivity index (χ4n) is 2.23. The van der Waals surface area contributed by atoms with Gasteiger partial charge in [0.15, 0.2) is 0 Å². The molecule has 1 fully saturated rings. The van der Waals surface area contributed by atoms with E-state index in [-0.39, 0.29) is 0 Å². The number of nitrogens with zero attached hydrogens (tertiary/aromatic N) is 1. The Bertz CT molecular complexity index is 348. The normalized spacial score (nSPS) is 24.5. The molecule has 0 amide bonds. The first kappa shape index (κ1) is 12.6. The lowest BCUT2D eigenvalue weighted by atomic mass is 9.85. The molecule has 1 saturated carbocycles. The zero-order valence-electron chi connectivity index (χ0n) is 9.50. The van der Waals surface area contributed by atoms with Crippen LogP contribution in [0.3, 0.4) is 0 Å². The molecule has 1 nitrogen and oxygen atoms in total. The number of benzene rings is 1. The van der Waals surface area contributed by atoms with Crippen LogP contribution in [0.25, 0.3) is 0 Å². The molecule has 0 bridgehead atoms. The van der Waals surface area contributed by atoms with Crippen LogP contribution in [-0.2, 0) is 6.54 Å². The van der Waals surface area contributed by atoms with Crippen molar-refractivity contribution in [2.75, 3.05) is 13.6 Å². The monoisotopic (exact) mass is 345 g/mol. The molecule has 0 unspecified atom stereocenters. The predicted octanol–water partition coefficient (Wildman–Crippen LogP) is 4.05. The predicted molar refractivity (Wildman–Crippen MR) is 75.9 cm³/mol. The van der Waals surface area contributed by atoms with Crippen molar-refractivity contribution in [3.63, 3.8) is 0 Å². The number of rotatable bonds is 4. The summed E-state index contributed by atoms with van der Waals surface area (Å²) in [7, 11) is 2.21. The highest BCUT2D eigenvalue weighted by atomic mass is 79.9. The van der Waals surface area contributed by atoms with E-state index in [9.17, 15) is 0 Å². The third-order valence-corrected chi connectivity index (χ3v) is 4.67. The third kappa shape index (κ3) is 3.31. The van der Waals surface area contributed by atoms with Crippen molar-refractivity contribution in [2.24, 2.45) is 5.92 Å². The van der Waals surface area contributed by atoms with Gasteiger partial charge in [-0.15, -0.1) is 0 Å². The van der Waals surface area contributed by atoms with Gasteiger partial charge in [0.1, 0.15) is 0 Å². The van der Waals surface area contributed by atoms with Crippen molar-refractivity contribution in [3.05, 3.63) is 34.3 Å². The summed E-state index contributed by atoms with van der Waals surface area (Å²) < 4.78 is 1.22. The molecule has 1 aromatic rings. The molecule has 1 aromatic carbocycles. The molecule has 0 radical (unpaired) electrons. The minimum atomic E-state index is 0.773. The minimum absolute atomic E-state index is 0.773. The molecule has 1 aliphatic carbocycles. The molecule has 3 heteroatoms. The van der Waals surface area contributed by atoms with Crippen molar-refractivity contribution >= 4 is 31.9 Å². The molecular weight excluding hydrogens is 330 g/mol.